The lowest BCUT2D eigenvalue weighted by atomic mass is 9.91. The van der Waals surface area contributed by atoms with Crippen LogP contribution in [0, 0.1) is 5.92 Å². The minimum absolute atomic E-state index is 0.380. The molecule has 0 saturated carbocycles. The fourth-order valence-corrected chi connectivity index (χ4v) is 1.74. The standard InChI is InChI=1S/C10H20FNO/c1-8(2)6-12-5-4-10(3,13)9(11)7-12/h8-9,13H,4-7H2,1-3H3/t9-,10+/m0/s1. The molecule has 0 bridgehead atoms. The number of hydrogen-bond donors (Lipinski definition) is 1. The largest absolute Gasteiger partial charge is 0.387 e. The summed E-state index contributed by atoms with van der Waals surface area (Å²) >= 11 is 0. The van der Waals surface area contributed by atoms with E-state index in [1.165, 1.54) is 0 Å². The normalized spacial score (nSPS) is 36.9. The molecule has 13 heavy (non-hydrogen) atoms. The van der Waals surface area contributed by atoms with Gasteiger partial charge in [0.05, 0.1) is 5.60 Å². The van der Waals surface area contributed by atoms with E-state index in [2.05, 4.69) is 18.7 Å². The Morgan fingerprint density at radius 1 is 1.62 bits per heavy atom. The zero-order valence-electron chi connectivity index (χ0n) is 8.76. The number of alkyl halides is 1. The van der Waals surface area contributed by atoms with Crippen molar-refractivity contribution in [2.24, 2.45) is 5.92 Å². The first-order chi connectivity index (χ1) is 5.92. The second-order valence-electron chi connectivity index (χ2n) is 4.73. The molecule has 2 nitrogen and oxygen atoms in total. The van der Waals surface area contributed by atoms with Crippen molar-refractivity contribution >= 4 is 0 Å². The highest BCUT2D eigenvalue weighted by Gasteiger charge is 2.37. The number of likely N-dealkylation sites (tertiary alicyclic amines) is 1. The van der Waals surface area contributed by atoms with Crippen molar-refractivity contribution in [1.82, 2.24) is 4.90 Å². The molecule has 2 atom stereocenters. The number of piperidine rings is 1. The van der Waals surface area contributed by atoms with Gasteiger partial charge < -0.3 is 5.11 Å². The second kappa shape index (κ2) is 3.93. The van der Waals surface area contributed by atoms with E-state index in [9.17, 15) is 9.50 Å². The van der Waals surface area contributed by atoms with Gasteiger partial charge in [0.2, 0.25) is 0 Å². The fourth-order valence-electron chi connectivity index (χ4n) is 1.74. The van der Waals surface area contributed by atoms with Crippen LogP contribution in [0.5, 0.6) is 0 Å². The molecule has 0 aromatic heterocycles. The maximum atomic E-state index is 13.4. The lowest BCUT2D eigenvalue weighted by Gasteiger charge is -2.39. The van der Waals surface area contributed by atoms with Gasteiger partial charge in [-0.05, 0) is 19.3 Å². The number of rotatable bonds is 2. The summed E-state index contributed by atoms with van der Waals surface area (Å²) in [5, 5.41) is 9.59. The molecule has 3 heteroatoms. The van der Waals surface area contributed by atoms with E-state index in [0.29, 0.717) is 18.9 Å². The van der Waals surface area contributed by atoms with Crippen LogP contribution in [0.15, 0.2) is 0 Å². The van der Waals surface area contributed by atoms with E-state index in [1.807, 2.05) is 0 Å². The van der Waals surface area contributed by atoms with Gasteiger partial charge in [-0.15, -0.1) is 0 Å². The van der Waals surface area contributed by atoms with Crippen molar-refractivity contribution in [3.05, 3.63) is 0 Å². The molecule has 0 radical (unpaired) electrons. The van der Waals surface area contributed by atoms with Gasteiger partial charge in [0, 0.05) is 19.6 Å². The molecule has 0 aliphatic carbocycles. The monoisotopic (exact) mass is 189 g/mol. The van der Waals surface area contributed by atoms with Gasteiger partial charge in [-0.2, -0.15) is 0 Å². The van der Waals surface area contributed by atoms with Crippen molar-refractivity contribution in [2.75, 3.05) is 19.6 Å². The Kier molecular flexibility index (Phi) is 3.30. The van der Waals surface area contributed by atoms with Crippen molar-refractivity contribution in [3.63, 3.8) is 0 Å². The van der Waals surface area contributed by atoms with Crippen LogP contribution < -0.4 is 0 Å². The van der Waals surface area contributed by atoms with E-state index >= 15 is 0 Å². The summed E-state index contributed by atoms with van der Waals surface area (Å²) in [5.41, 5.74) is -1.10. The van der Waals surface area contributed by atoms with Crippen molar-refractivity contribution in [3.8, 4) is 0 Å². The Morgan fingerprint density at radius 2 is 2.23 bits per heavy atom. The highest BCUT2D eigenvalue weighted by atomic mass is 19.1. The SMILES string of the molecule is CC(C)CN1CC[C@@](C)(O)[C@@H](F)C1. The van der Waals surface area contributed by atoms with Gasteiger partial charge in [0.15, 0.2) is 0 Å². The quantitative estimate of drug-likeness (QED) is 0.710. The van der Waals surface area contributed by atoms with Crippen LogP contribution in [-0.4, -0.2) is 41.4 Å². The van der Waals surface area contributed by atoms with E-state index in [1.54, 1.807) is 6.92 Å². The molecule has 1 saturated heterocycles. The molecule has 78 valence electrons. The second-order valence-corrected chi connectivity index (χ2v) is 4.73. The predicted molar refractivity (Wildman–Crippen MR) is 51.4 cm³/mol. The zero-order valence-corrected chi connectivity index (χ0v) is 8.76. The summed E-state index contributed by atoms with van der Waals surface area (Å²) in [6.07, 6.45) is -0.555. The van der Waals surface area contributed by atoms with Crippen LogP contribution in [0.1, 0.15) is 27.2 Å². The first-order valence-electron chi connectivity index (χ1n) is 5.00. The molecule has 1 fully saturated rings. The summed E-state index contributed by atoms with van der Waals surface area (Å²) in [6.45, 7) is 7.96. The minimum Gasteiger partial charge on any atom is -0.387 e. The third-order valence-corrected chi connectivity index (χ3v) is 2.65. The number of halogens is 1. The molecule has 1 aliphatic rings. The van der Waals surface area contributed by atoms with E-state index in [-0.39, 0.29) is 0 Å². The average molecular weight is 189 g/mol. The van der Waals surface area contributed by atoms with Crippen LogP contribution in [0.3, 0.4) is 0 Å². The van der Waals surface area contributed by atoms with E-state index in [4.69, 9.17) is 0 Å². The van der Waals surface area contributed by atoms with Crippen LogP contribution in [0.2, 0.25) is 0 Å². The molecule has 0 amide bonds. The Labute approximate surface area is 79.7 Å². The molecule has 1 rings (SSSR count). The molecular formula is C10H20FNO. The van der Waals surface area contributed by atoms with Crippen LogP contribution in [0.4, 0.5) is 4.39 Å². The highest BCUT2D eigenvalue weighted by molar-refractivity contribution is 4.90. The molecule has 1 N–H and O–H groups in total. The third kappa shape index (κ3) is 2.92. The smallest absolute Gasteiger partial charge is 0.141 e. The van der Waals surface area contributed by atoms with Gasteiger partial charge in [-0.3, -0.25) is 4.90 Å². The highest BCUT2D eigenvalue weighted by Crippen LogP contribution is 2.24. The summed E-state index contributed by atoms with van der Waals surface area (Å²) < 4.78 is 13.4. The fraction of sp³-hybridized carbons (Fsp3) is 1.00. The van der Waals surface area contributed by atoms with Gasteiger partial charge in [-0.1, -0.05) is 13.8 Å². The average Bonchev–Trinajstić information content (AvgIpc) is 1.97. The van der Waals surface area contributed by atoms with E-state index in [0.717, 1.165) is 13.1 Å². The van der Waals surface area contributed by atoms with Crippen molar-refractivity contribution < 1.29 is 9.50 Å². The molecule has 0 aromatic carbocycles. The minimum atomic E-state index is -1.10. The van der Waals surface area contributed by atoms with Gasteiger partial charge in [0.25, 0.3) is 0 Å². The predicted octanol–water partition coefficient (Wildman–Crippen LogP) is 1.44. The van der Waals surface area contributed by atoms with Crippen LogP contribution in [-0.2, 0) is 0 Å². The third-order valence-electron chi connectivity index (χ3n) is 2.65. The summed E-state index contributed by atoms with van der Waals surface area (Å²) in [6, 6.07) is 0. The van der Waals surface area contributed by atoms with Crippen LogP contribution >= 0.6 is 0 Å². The maximum Gasteiger partial charge on any atom is 0.141 e. The zero-order chi connectivity index (χ0) is 10.1. The molecule has 1 aliphatic heterocycles. The Balaban J connectivity index is 2.42. The first-order valence-corrected chi connectivity index (χ1v) is 5.00. The van der Waals surface area contributed by atoms with E-state index < -0.39 is 11.8 Å². The summed E-state index contributed by atoms with van der Waals surface area (Å²) in [5.74, 6) is 0.565. The summed E-state index contributed by atoms with van der Waals surface area (Å²) in [4.78, 5) is 2.09. The van der Waals surface area contributed by atoms with Gasteiger partial charge in [0.1, 0.15) is 6.17 Å². The maximum absolute atomic E-state index is 13.4. The lowest BCUT2D eigenvalue weighted by molar-refractivity contribution is -0.0727. The van der Waals surface area contributed by atoms with Gasteiger partial charge in [-0.25, -0.2) is 4.39 Å². The van der Waals surface area contributed by atoms with Crippen molar-refractivity contribution in [2.45, 2.75) is 39.0 Å². The van der Waals surface area contributed by atoms with Gasteiger partial charge >= 0.3 is 0 Å². The Morgan fingerprint density at radius 3 is 2.69 bits per heavy atom. The molecule has 1 heterocycles. The number of hydrogen-bond acceptors (Lipinski definition) is 2. The van der Waals surface area contributed by atoms with Crippen LogP contribution in [0.25, 0.3) is 0 Å². The molecule has 0 spiro atoms. The topological polar surface area (TPSA) is 23.5 Å². The number of nitrogens with zero attached hydrogens (tertiary/aromatic N) is 1. The number of aliphatic hydroxyl groups is 1. The molecule has 0 unspecified atom stereocenters. The Hall–Kier alpha value is -0.150. The molecular weight excluding hydrogens is 169 g/mol. The summed E-state index contributed by atoms with van der Waals surface area (Å²) in [7, 11) is 0. The Bertz CT molecular complexity index is 170. The molecule has 0 aromatic rings. The first kappa shape index (κ1) is 10.9. The van der Waals surface area contributed by atoms with Crippen molar-refractivity contribution in [1.29, 1.82) is 0 Å². The lowest BCUT2D eigenvalue weighted by Crippen LogP contribution is -2.52.